The lowest BCUT2D eigenvalue weighted by molar-refractivity contribution is -0.0000103. The third-order valence-corrected chi connectivity index (χ3v) is 15.3. The zero-order valence-corrected chi connectivity index (χ0v) is 34.7. The van der Waals surface area contributed by atoms with Crippen molar-refractivity contribution >= 4 is 7.26 Å². The molecule has 0 saturated carbocycles. The Morgan fingerprint density at radius 1 is 0.312 bits per heavy atom. The molecule has 0 radical (unpaired) electrons. The number of benzene rings is 2. The van der Waals surface area contributed by atoms with Crippen LogP contribution in [0, 0.1) is 0 Å². The van der Waals surface area contributed by atoms with Crippen molar-refractivity contribution in [1.82, 2.24) is 0 Å². The minimum atomic E-state index is -1.11. The summed E-state index contributed by atoms with van der Waals surface area (Å²) in [6.07, 6.45) is 46.3. The standard InChI is InChI=1S/C46H80P.BrH/c1-3-5-7-9-11-13-15-17-19-21-23-25-27-35-41-47(43-45-37-31-29-32-38-45,44-46-39-33-30-34-40-46)42-36-28-26-24-22-20-18-16-14-12-10-8-6-4-2;/h29-34,37-40H,3-28,35-36,41-44H2,1-2H3;1H/q+1;/p-1. The Morgan fingerprint density at radius 3 is 0.792 bits per heavy atom. The van der Waals surface area contributed by atoms with E-state index in [2.05, 4.69) is 74.5 Å². The molecule has 0 fully saturated rings. The highest BCUT2D eigenvalue weighted by Crippen LogP contribution is 2.65. The van der Waals surface area contributed by atoms with E-state index in [9.17, 15) is 0 Å². The van der Waals surface area contributed by atoms with Gasteiger partial charge in [-0.15, -0.1) is 0 Å². The van der Waals surface area contributed by atoms with Gasteiger partial charge in [-0.3, -0.25) is 0 Å². The maximum atomic E-state index is 2.41. The summed E-state index contributed by atoms with van der Waals surface area (Å²) < 4.78 is 0. The van der Waals surface area contributed by atoms with Gasteiger partial charge in [-0.1, -0.05) is 229 Å². The van der Waals surface area contributed by atoms with Gasteiger partial charge in [0.15, 0.2) is 0 Å². The van der Waals surface area contributed by atoms with E-state index in [-0.39, 0.29) is 17.0 Å². The average molecular weight is 744 g/mol. The van der Waals surface area contributed by atoms with Crippen LogP contribution >= 0.6 is 7.26 Å². The lowest BCUT2D eigenvalue weighted by Gasteiger charge is -2.29. The SMILES string of the molecule is CCCCCCCCCCCCCCCC[P+](CCCCCCCCCCCCCCCC)(Cc1ccccc1)Cc1ccccc1.[Br-]. The minimum absolute atomic E-state index is 0. The van der Waals surface area contributed by atoms with Crippen molar-refractivity contribution in [3.8, 4) is 0 Å². The molecule has 0 aliphatic heterocycles. The van der Waals surface area contributed by atoms with E-state index in [0.717, 1.165) is 0 Å². The summed E-state index contributed by atoms with van der Waals surface area (Å²) in [6.45, 7) is 4.63. The maximum absolute atomic E-state index is 2.41. The molecule has 0 unspecified atom stereocenters. The third-order valence-electron chi connectivity index (χ3n) is 10.7. The predicted octanol–water partition coefficient (Wildman–Crippen LogP) is 13.4. The van der Waals surface area contributed by atoms with Gasteiger partial charge in [-0.25, -0.2) is 0 Å². The van der Waals surface area contributed by atoms with Crippen LogP contribution in [0.4, 0.5) is 0 Å². The molecule has 0 aromatic heterocycles. The van der Waals surface area contributed by atoms with Crippen molar-refractivity contribution in [2.45, 2.75) is 206 Å². The molecular weight excluding hydrogens is 663 g/mol. The highest BCUT2D eigenvalue weighted by molar-refractivity contribution is 7.74. The molecule has 0 saturated heterocycles. The molecule has 0 bridgehead atoms. The van der Waals surface area contributed by atoms with E-state index in [0.29, 0.717) is 0 Å². The largest absolute Gasteiger partial charge is 1.00 e. The van der Waals surface area contributed by atoms with Crippen molar-refractivity contribution < 1.29 is 17.0 Å². The van der Waals surface area contributed by atoms with Crippen molar-refractivity contribution in [3.05, 3.63) is 71.8 Å². The van der Waals surface area contributed by atoms with Crippen molar-refractivity contribution in [1.29, 1.82) is 0 Å². The molecule has 0 atom stereocenters. The Bertz CT molecular complexity index is 821. The molecule has 0 heterocycles. The first-order chi connectivity index (χ1) is 23.3. The second-order valence-electron chi connectivity index (χ2n) is 15.3. The van der Waals surface area contributed by atoms with Crippen LogP contribution in [-0.2, 0) is 12.3 Å². The van der Waals surface area contributed by atoms with Gasteiger partial charge in [0.1, 0.15) is 0 Å². The van der Waals surface area contributed by atoms with E-state index in [1.165, 1.54) is 204 Å². The minimum Gasteiger partial charge on any atom is -1.00 e. The van der Waals surface area contributed by atoms with Crippen LogP contribution < -0.4 is 17.0 Å². The van der Waals surface area contributed by atoms with Crippen molar-refractivity contribution in [2.24, 2.45) is 0 Å². The van der Waals surface area contributed by atoms with Gasteiger partial charge < -0.3 is 17.0 Å². The number of hydrogen-bond donors (Lipinski definition) is 0. The van der Waals surface area contributed by atoms with Crippen molar-refractivity contribution in [2.75, 3.05) is 12.3 Å². The lowest BCUT2D eigenvalue weighted by Crippen LogP contribution is -3.00. The molecular formula is C46H80BrP. The second kappa shape index (κ2) is 33.5. The second-order valence-corrected chi connectivity index (χ2v) is 19.5. The molecule has 0 nitrogen and oxygen atoms in total. The molecule has 0 spiro atoms. The molecule has 2 rings (SSSR count). The summed E-state index contributed by atoms with van der Waals surface area (Å²) in [6, 6.07) is 23.1. The molecule has 0 aliphatic rings. The predicted molar refractivity (Wildman–Crippen MR) is 218 cm³/mol. The van der Waals surface area contributed by atoms with Gasteiger partial charge >= 0.3 is 0 Å². The van der Waals surface area contributed by atoms with Crippen LogP contribution in [0.25, 0.3) is 0 Å². The highest BCUT2D eigenvalue weighted by Gasteiger charge is 2.36. The summed E-state index contributed by atoms with van der Waals surface area (Å²) in [4.78, 5) is 0. The highest BCUT2D eigenvalue weighted by atomic mass is 79.9. The van der Waals surface area contributed by atoms with E-state index >= 15 is 0 Å². The first-order valence-electron chi connectivity index (χ1n) is 21.2. The van der Waals surface area contributed by atoms with Crippen LogP contribution in [0.15, 0.2) is 60.7 Å². The fourth-order valence-corrected chi connectivity index (χ4v) is 12.4. The van der Waals surface area contributed by atoms with Crippen LogP contribution in [0.2, 0.25) is 0 Å². The number of halogens is 1. The summed E-state index contributed by atoms with van der Waals surface area (Å²) in [5, 5.41) is 0. The molecule has 0 aliphatic carbocycles. The first-order valence-corrected chi connectivity index (χ1v) is 23.7. The van der Waals surface area contributed by atoms with Gasteiger partial charge in [0.2, 0.25) is 0 Å². The molecule has 2 heteroatoms. The quantitative estimate of drug-likeness (QED) is 0.0495. The smallest absolute Gasteiger partial charge is 0.0846 e. The Balaban J connectivity index is 0.0000115. The Labute approximate surface area is 312 Å². The lowest BCUT2D eigenvalue weighted by atomic mass is 10.0. The average Bonchev–Trinajstić information content (AvgIpc) is 3.09. The Morgan fingerprint density at radius 2 is 0.542 bits per heavy atom. The topological polar surface area (TPSA) is 0 Å². The van der Waals surface area contributed by atoms with Crippen LogP contribution in [-0.4, -0.2) is 12.3 Å². The Kier molecular flexibility index (Phi) is 31.7. The van der Waals surface area contributed by atoms with E-state index in [1.807, 2.05) is 0 Å². The van der Waals surface area contributed by atoms with Crippen molar-refractivity contribution in [3.63, 3.8) is 0 Å². The number of hydrogen-bond acceptors (Lipinski definition) is 0. The summed E-state index contributed by atoms with van der Waals surface area (Å²) in [7, 11) is -1.11. The van der Waals surface area contributed by atoms with Gasteiger partial charge in [0, 0.05) is 7.26 Å². The van der Waals surface area contributed by atoms with Crippen LogP contribution in [0.3, 0.4) is 0 Å². The maximum Gasteiger partial charge on any atom is 0.0846 e. The summed E-state index contributed by atoms with van der Waals surface area (Å²) >= 11 is 0. The van der Waals surface area contributed by atoms with E-state index < -0.39 is 7.26 Å². The van der Waals surface area contributed by atoms with E-state index in [1.54, 1.807) is 11.1 Å². The molecule has 0 N–H and O–H groups in total. The van der Waals surface area contributed by atoms with Gasteiger partial charge in [-0.2, -0.15) is 0 Å². The molecule has 2 aromatic carbocycles. The zero-order valence-electron chi connectivity index (χ0n) is 32.2. The monoisotopic (exact) mass is 743 g/mol. The van der Waals surface area contributed by atoms with Gasteiger partial charge in [0.05, 0.1) is 24.6 Å². The fraction of sp³-hybridized carbons (Fsp3) is 0.739. The molecule has 0 amide bonds. The molecule has 276 valence electrons. The summed E-state index contributed by atoms with van der Waals surface area (Å²) in [5.41, 5.74) is 3.18. The first kappa shape index (κ1) is 45.4. The third kappa shape index (κ3) is 25.3. The van der Waals surface area contributed by atoms with Gasteiger partial charge in [-0.05, 0) is 36.8 Å². The van der Waals surface area contributed by atoms with Crippen LogP contribution in [0.1, 0.15) is 205 Å². The van der Waals surface area contributed by atoms with Gasteiger partial charge in [0.25, 0.3) is 0 Å². The fourth-order valence-electron chi connectivity index (χ4n) is 7.71. The van der Waals surface area contributed by atoms with Crippen LogP contribution in [0.5, 0.6) is 0 Å². The van der Waals surface area contributed by atoms with E-state index in [4.69, 9.17) is 0 Å². The number of rotatable bonds is 34. The summed E-state index contributed by atoms with van der Waals surface area (Å²) in [5.74, 6) is 0. The normalized spacial score (nSPS) is 11.5. The molecule has 48 heavy (non-hydrogen) atoms. The molecule has 2 aromatic rings. The Hall–Kier alpha value is -0.650. The number of unbranched alkanes of at least 4 members (excludes halogenated alkanes) is 26. The zero-order chi connectivity index (χ0) is 33.4.